The number of hydrogen-bond acceptors (Lipinski definition) is 4. The Morgan fingerprint density at radius 1 is 1.09 bits per heavy atom. The highest BCUT2D eigenvalue weighted by molar-refractivity contribution is 7.89. The predicted octanol–water partition coefficient (Wildman–Crippen LogP) is 4.25. The van der Waals surface area contributed by atoms with Crippen molar-refractivity contribution in [2.75, 3.05) is 13.7 Å². The molecule has 0 heterocycles. The molecule has 1 amide bonds. The molecule has 172 valence electrons. The first-order valence-corrected chi connectivity index (χ1v) is 12.2. The quantitative estimate of drug-likeness (QED) is 0.519. The Balaban J connectivity index is 1.70. The highest BCUT2D eigenvalue weighted by Gasteiger charge is 2.24. The molecule has 0 radical (unpaired) electrons. The Labute approximate surface area is 188 Å². The number of ether oxygens (including phenoxy) is 1. The van der Waals surface area contributed by atoms with Gasteiger partial charge in [-0.3, -0.25) is 4.79 Å². The SMILES string of the molecule is COc1ccc([C@H](CC(=O)NCCC2=CCCCC2)NS(=O)(=O)c2ccc(F)cc2)cc1. The fraction of sp³-hybridized carbons (Fsp3) is 0.375. The number of sulfonamides is 1. The van der Waals surface area contributed by atoms with Crippen molar-refractivity contribution in [3.63, 3.8) is 0 Å². The van der Waals surface area contributed by atoms with Crippen molar-refractivity contribution < 1.29 is 22.3 Å². The molecule has 0 fully saturated rings. The van der Waals surface area contributed by atoms with Gasteiger partial charge in [-0.25, -0.2) is 17.5 Å². The maximum absolute atomic E-state index is 13.2. The zero-order chi connectivity index (χ0) is 23.0. The van der Waals surface area contributed by atoms with Crippen LogP contribution in [0, 0.1) is 5.82 Å². The van der Waals surface area contributed by atoms with Gasteiger partial charge in [0.2, 0.25) is 15.9 Å². The Morgan fingerprint density at radius 3 is 2.44 bits per heavy atom. The minimum Gasteiger partial charge on any atom is -0.497 e. The van der Waals surface area contributed by atoms with Crippen LogP contribution in [-0.2, 0) is 14.8 Å². The van der Waals surface area contributed by atoms with Gasteiger partial charge in [-0.05, 0) is 74.1 Å². The maximum Gasteiger partial charge on any atom is 0.241 e. The highest BCUT2D eigenvalue weighted by atomic mass is 32.2. The van der Waals surface area contributed by atoms with E-state index in [1.807, 2.05) is 0 Å². The Bertz CT molecular complexity index is 1030. The molecule has 32 heavy (non-hydrogen) atoms. The van der Waals surface area contributed by atoms with E-state index in [9.17, 15) is 17.6 Å². The van der Waals surface area contributed by atoms with E-state index in [2.05, 4.69) is 16.1 Å². The van der Waals surface area contributed by atoms with E-state index in [0.717, 1.165) is 31.4 Å². The number of hydrogen-bond donors (Lipinski definition) is 2. The number of halogens is 1. The normalized spacial score (nSPS) is 15.0. The number of amides is 1. The van der Waals surface area contributed by atoms with Gasteiger partial charge in [0.25, 0.3) is 0 Å². The van der Waals surface area contributed by atoms with Gasteiger partial charge in [-0.2, -0.15) is 0 Å². The van der Waals surface area contributed by atoms with Gasteiger partial charge in [0.05, 0.1) is 18.0 Å². The van der Waals surface area contributed by atoms with E-state index < -0.39 is 21.9 Å². The van der Waals surface area contributed by atoms with Gasteiger partial charge < -0.3 is 10.1 Å². The first-order chi connectivity index (χ1) is 15.4. The van der Waals surface area contributed by atoms with E-state index >= 15 is 0 Å². The summed E-state index contributed by atoms with van der Waals surface area (Å²) >= 11 is 0. The Kier molecular flexibility index (Phi) is 8.41. The smallest absolute Gasteiger partial charge is 0.241 e. The highest BCUT2D eigenvalue weighted by Crippen LogP contribution is 2.24. The van der Waals surface area contributed by atoms with Crippen molar-refractivity contribution in [1.82, 2.24) is 10.0 Å². The van der Waals surface area contributed by atoms with Crippen molar-refractivity contribution >= 4 is 15.9 Å². The molecule has 2 N–H and O–H groups in total. The van der Waals surface area contributed by atoms with Crippen LogP contribution in [0.5, 0.6) is 5.75 Å². The number of carbonyl (C=O) groups is 1. The summed E-state index contributed by atoms with van der Waals surface area (Å²) in [6.45, 7) is 0.519. The average Bonchev–Trinajstić information content (AvgIpc) is 2.79. The van der Waals surface area contributed by atoms with Crippen molar-refractivity contribution in [2.24, 2.45) is 0 Å². The average molecular weight is 461 g/mol. The molecule has 6 nitrogen and oxygen atoms in total. The lowest BCUT2D eigenvalue weighted by atomic mass is 9.97. The molecule has 0 aromatic heterocycles. The predicted molar refractivity (Wildman–Crippen MR) is 121 cm³/mol. The molecule has 0 spiro atoms. The first kappa shape index (κ1) is 23.9. The minimum absolute atomic E-state index is 0.0637. The fourth-order valence-corrected chi connectivity index (χ4v) is 4.91. The molecule has 0 saturated heterocycles. The molecule has 8 heteroatoms. The van der Waals surface area contributed by atoms with Gasteiger partial charge >= 0.3 is 0 Å². The number of nitrogens with one attached hydrogen (secondary N) is 2. The topological polar surface area (TPSA) is 84.5 Å². The summed E-state index contributed by atoms with van der Waals surface area (Å²) in [5.41, 5.74) is 1.99. The number of carbonyl (C=O) groups excluding carboxylic acids is 1. The lowest BCUT2D eigenvalue weighted by molar-refractivity contribution is -0.121. The summed E-state index contributed by atoms with van der Waals surface area (Å²) in [6, 6.07) is 10.6. The number of rotatable bonds is 10. The molecule has 1 aliphatic carbocycles. The van der Waals surface area contributed by atoms with Crippen molar-refractivity contribution in [3.8, 4) is 5.75 Å². The minimum atomic E-state index is -3.96. The van der Waals surface area contributed by atoms with Crippen LogP contribution in [0.1, 0.15) is 50.1 Å². The molecule has 0 saturated carbocycles. The van der Waals surface area contributed by atoms with Gasteiger partial charge in [0, 0.05) is 13.0 Å². The second kappa shape index (κ2) is 11.2. The summed E-state index contributed by atoms with van der Waals surface area (Å²) in [6.07, 6.45) is 7.55. The summed E-state index contributed by atoms with van der Waals surface area (Å²) in [5, 5.41) is 2.90. The third kappa shape index (κ3) is 6.90. The molecule has 1 atom stereocenters. The van der Waals surface area contributed by atoms with E-state index in [-0.39, 0.29) is 17.2 Å². The van der Waals surface area contributed by atoms with Crippen molar-refractivity contribution in [2.45, 2.75) is 49.5 Å². The largest absolute Gasteiger partial charge is 0.497 e. The van der Waals surface area contributed by atoms with Crippen LogP contribution in [0.2, 0.25) is 0 Å². The van der Waals surface area contributed by atoms with E-state index in [1.54, 1.807) is 31.4 Å². The Morgan fingerprint density at radius 2 is 1.81 bits per heavy atom. The third-order valence-corrected chi connectivity index (χ3v) is 6.97. The standard InChI is InChI=1S/C24H29FN2O4S/c1-31-21-11-7-19(8-12-21)23(27-32(29,30)22-13-9-20(25)10-14-22)17-24(28)26-16-15-18-5-3-2-4-6-18/h5,7-14,23,27H,2-4,6,15-17H2,1H3,(H,26,28)/t23-/m0/s1. The molecule has 2 aromatic rings. The monoisotopic (exact) mass is 460 g/mol. The van der Waals surface area contributed by atoms with Gasteiger partial charge in [0.15, 0.2) is 0 Å². The van der Waals surface area contributed by atoms with Crippen LogP contribution < -0.4 is 14.8 Å². The number of benzene rings is 2. The fourth-order valence-electron chi connectivity index (χ4n) is 3.68. The zero-order valence-corrected chi connectivity index (χ0v) is 19.0. The molecular formula is C24H29FN2O4S. The molecule has 3 rings (SSSR count). The lowest BCUT2D eigenvalue weighted by Crippen LogP contribution is -2.34. The molecular weight excluding hydrogens is 431 g/mol. The summed E-state index contributed by atoms with van der Waals surface area (Å²) in [7, 11) is -2.42. The van der Waals surface area contributed by atoms with Crippen LogP contribution in [0.4, 0.5) is 4.39 Å². The van der Waals surface area contributed by atoms with Gasteiger partial charge in [-0.1, -0.05) is 23.8 Å². The summed E-state index contributed by atoms with van der Waals surface area (Å²) < 4.78 is 46.7. The van der Waals surface area contributed by atoms with E-state index in [4.69, 9.17) is 4.74 Å². The van der Waals surface area contributed by atoms with Crippen LogP contribution in [0.15, 0.2) is 65.1 Å². The van der Waals surface area contributed by atoms with Crippen molar-refractivity contribution in [1.29, 1.82) is 0 Å². The van der Waals surface area contributed by atoms with E-state index in [1.165, 1.54) is 30.5 Å². The van der Waals surface area contributed by atoms with Gasteiger partial charge in [0.1, 0.15) is 11.6 Å². The first-order valence-electron chi connectivity index (χ1n) is 10.7. The molecule has 0 unspecified atom stereocenters. The van der Waals surface area contributed by atoms with E-state index in [0.29, 0.717) is 17.9 Å². The maximum atomic E-state index is 13.2. The van der Waals surface area contributed by atoms with Crippen LogP contribution in [0.25, 0.3) is 0 Å². The third-order valence-electron chi connectivity index (χ3n) is 5.48. The van der Waals surface area contributed by atoms with Crippen LogP contribution in [0.3, 0.4) is 0 Å². The molecule has 1 aliphatic rings. The van der Waals surface area contributed by atoms with Gasteiger partial charge in [-0.15, -0.1) is 0 Å². The number of allylic oxidation sites excluding steroid dienone is 1. The second-order valence-corrected chi connectivity index (χ2v) is 9.53. The second-order valence-electron chi connectivity index (χ2n) is 7.81. The lowest BCUT2D eigenvalue weighted by Gasteiger charge is -2.20. The van der Waals surface area contributed by atoms with Crippen LogP contribution in [-0.4, -0.2) is 28.0 Å². The Hall–Kier alpha value is -2.71. The number of methoxy groups -OCH3 is 1. The zero-order valence-electron chi connectivity index (χ0n) is 18.1. The molecule has 0 bridgehead atoms. The molecule has 0 aliphatic heterocycles. The van der Waals surface area contributed by atoms with Crippen LogP contribution >= 0.6 is 0 Å². The summed E-state index contributed by atoms with van der Waals surface area (Å²) in [4.78, 5) is 12.6. The molecule has 2 aromatic carbocycles. The van der Waals surface area contributed by atoms with Crippen molar-refractivity contribution in [3.05, 3.63) is 71.6 Å². The summed E-state index contributed by atoms with van der Waals surface area (Å²) in [5.74, 6) is -0.147.